The summed E-state index contributed by atoms with van der Waals surface area (Å²) >= 11 is 7.53. The number of hydrogen-bond acceptors (Lipinski definition) is 7. The van der Waals surface area contributed by atoms with E-state index >= 15 is 0 Å². The van der Waals surface area contributed by atoms with E-state index in [2.05, 4.69) is 0 Å². The summed E-state index contributed by atoms with van der Waals surface area (Å²) in [5.74, 6) is 0.353. The maximum absolute atomic E-state index is 13.1. The molecule has 0 saturated carbocycles. The molecule has 4 nitrogen and oxygen atoms in total. The number of rotatable bonds is 6. The molecule has 26 heavy (non-hydrogen) atoms. The first-order valence-electron chi connectivity index (χ1n) is 7.56. The van der Waals surface area contributed by atoms with Gasteiger partial charge in [0.05, 0.1) is 35.1 Å². The molecule has 0 unspecified atom stereocenters. The second-order valence-electron chi connectivity index (χ2n) is 5.17. The molecule has 0 fully saturated rings. The minimum absolute atomic E-state index is 0.280. The van der Waals surface area contributed by atoms with Gasteiger partial charge in [0.2, 0.25) is 11.6 Å². The Labute approximate surface area is 163 Å². The topological polar surface area (TPSA) is 52.6 Å². The second-order valence-corrected chi connectivity index (χ2v) is 8.40. The van der Waals surface area contributed by atoms with Gasteiger partial charge in [0.25, 0.3) is 0 Å². The minimum atomic E-state index is -0.280. The van der Waals surface area contributed by atoms with Gasteiger partial charge in [-0.25, -0.2) is 0 Å². The Kier molecular flexibility index (Phi) is 5.61. The van der Waals surface area contributed by atoms with Crippen LogP contribution < -0.4 is 9.47 Å². The van der Waals surface area contributed by atoms with Crippen molar-refractivity contribution in [1.82, 2.24) is 0 Å². The average Bonchev–Trinajstić information content (AvgIpc) is 3.08. The summed E-state index contributed by atoms with van der Waals surface area (Å²) in [6.07, 6.45) is 0. The molecule has 0 atom stereocenters. The van der Waals surface area contributed by atoms with Gasteiger partial charge >= 0.3 is 0 Å². The molecular formula is C19H14O4S3. The average molecular weight is 403 g/mol. The number of benzene rings is 2. The van der Waals surface area contributed by atoms with Crippen LogP contribution in [0, 0.1) is 3.14 Å². The Morgan fingerprint density at radius 3 is 1.54 bits per heavy atom. The highest BCUT2D eigenvalue weighted by Crippen LogP contribution is 2.33. The van der Waals surface area contributed by atoms with Crippen LogP contribution in [0.1, 0.15) is 30.5 Å². The SMILES string of the molecule is COc1ccccc1C(=O)c1sc(=S)sc1C(=O)c1ccccc1OC. The van der Waals surface area contributed by atoms with Gasteiger partial charge in [-0.3, -0.25) is 9.59 Å². The van der Waals surface area contributed by atoms with Gasteiger partial charge < -0.3 is 9.47 Å². The van der Waals surface area contributed by atoms with Crippen molar-refractivity contribution in [3.63, 3.8) is 0 Å². The zero-order chi connectivity index (χ0) is 18.7. The summed E-state index contributed by atoms with van der Waals surface area (Å²) < 4.78 is 11.1. The third-order valence-electron chi connectivity index (χ3n) is 3.69. The normalized spacial score (nSPS) is 10.4. The molecule has 0 aliphatic heterocycles. The lowest BCUT2D eigenvalue weighted by molar-refractivity contribution is 0.101. The maximum Gasteiger partial charge on any atom is 0.208 e. The van der Waals surface area contributed by atoms with Gasteiger partial charge in [-0.15, -0.1) is 22.7 Å². The predicted molar refractivity (Wildman–Crippen MR) is 106 cm³/mol. The van der Waals surface area contributed by atoms with Crippen LogP contribution in [0.25, 0.3) is 0 Å². The molecule has 7 heteroatoms. The summed E-state index contributed by atoms with van der Waals surface area (Å²) in [5, 5.41) is 0. The highest BCUT2D eigenvalue weighted by atomic mass is 32.2. The molecule has 2 aromatic carbocycles. The molecule has 3 aromatic rings. The van der Waals surface area contributed by atoms with Crippen LogP contribution in [0.5, 0.6) is 11.5 Å². The van der Waals surface area contributed by atoms with Crippen molar-refractivity contribution in [2.45, 2.75) is 0 Å². The molecule has 0 amide bonds. The van der Waals surface area contributed by atoms with Crippen LogP contribution >= 0.6 is 34.9 Å². The van der Waals surface area contributed by atoms with Crippen LogP contribution in [0.4, 0.5) is 0 Å². The van der Waals surface area contributed by atoms with E-state index < -0.39 is 0 Å². The number of hydrogen-bond donors (Lipinski definition) is 0. The van der Waals surface area contributed by atoms with Crippen LogP contribution in [0.3, 0.4) is 0 Å². The fourth-order valence-electron chi connectivity index (χ4n) is 2.49. The highest BCUT2D eigenvalue weighted by molar-refractivity contribution is 7.76. The van der Waals surface area contributed by atoms with E-state index in [0.29, 0.717) is 35.5 Å². The molecule has 0 spiro atoms. The number of carbonyl (C=O) groups is 2. The smallest absolute Gasteiger partial charge is 0.208 e. The van der Waals surface area contributed by atoms with Gasteiger partial charge in [0.15, 0.2) is 0 Å². The third-order valence-corrected chi connectivity index (χ3v) is 6.34. The highest BCUT2D eigenvalue weighted by Gasteiger charge is 2.26. The van der Waals surface area contributed by atoms with E-state index in [4.69, 9.17) is 21.7 Å². The lowest BCUT2D eigenvalue weighted by atomic mass is 10.0. The standard InChI is InChI=1S/C19H14O4S3/c1-22-13-9-5-3-7-11(13)15(20)17-18(26-19(24)25-17)16(21)12-8-4-6-10-14(12)23-2/h3-10H,1-2H3. The van der Waals surface area contributed by atoms with Crippen molar-refractivity contribution in [3.8, 4) is 11.5 Å². The maximum atomic E-state index is 13.1. The second kappa shape index (κ2) is 7.90. The minimum Gasteiger partial charge on any atom is -0.496 e. The van der Waals surface area contributed by atoms with Crippen molar-refractivity contribution in [1.29, 1.82) is 0 Å². The molecule has 0 radical (unpaired) electrons. The molecule has 132 valence electrons. The Morgan fingerprint density at radius 2 is 1.15 bits per heavy atom. The van der Waals surface area contributed by atoms with Gasteiger partial charge in [0.1, 0.15) is 14.6 Å². The fourth-order valence-corrected chi connectivity index (χ4v) is 5.01. The zero-order valence-corrected chi connectivity index (χ0v) is 16.4. The number of para-hydroxylation sites is 2. The Hall–Kier alpha value is -2.35. The van der Waals surface area contributed by atoms with E-state index in [9.17, 15) is 9.59 Å². The van der Waals surface area contributed by atoms with Gasteiger partial charge in [-0.1, -0.05) is 36.5 Å². The molecule has 1 heterocycles. The molecular weight excluding hydrogens is 388 g/mol. The van der Waals surface area contributed by atoms with Crippen molar-refractivity contribution >= 4 is 46.5 Å². The third kappa shape index (κ3) is 3.46. The Bertz CT molecular complexity index is 953. The lowest BCUT2D eigenvalue weighted by Gasteiger charge is -2.09. The predicted octanol–water partition coefficient (Wildman–Crippen LogP) is 5.02. The summed E-state index contributed by atoms with van der Waals surface area (Å²) in [5.41, 5.74) is 0.793. The van der Waals surface area contributed by atoms with Crippen LogP contribution in [-0.4, -0.2) is 25.8 Å². The number of methoxy groups -OCH3 is 2. The van der Waals surface area contributed by atoms with E-state index in [1.54, 1.807) is 48.5 Å². The van der Waals surface area contributed by atoms with Crippen molar-refractivity contribution in [2.24, 2.45) is 0 Å². The number of carbonyl (C=O) groups excluding carboxylic acids is 2. The first kappa shape index (κ1) is 18.4. The monoisotopic (exact) mass is 402 g/mol. The van der Waals surface area contributed by atoms with Crippen molar-refractivity contribution in [2.75, 3.05) is 14.2 Å². The lowest BCUT2D eigenvalue weighted by Crippen LogP contribution is -2.09. The van der Waals surface area contributed by atoms with Crippen LogP contribution in [0.15, 0.2) is 48.5 Å². The number of ether oxygens (including phenoxy) is 2. The first-order valence-corrected chi connectivity index (χ1v) is 9.60. The zero-order valence-electron chi connectivity index (χ0n) is 14.0. The fraction of sp³-hybridized carbons (Fsp3) is 0.105. The van der Waals surface area contributed by atoms with Crippen molar-refractivity contribution < 1.29 is 19.1 Å². The summed E-state index contributed by atoms with van der Waals surface area (Å²) in [4.78, 5) is 26.8. The van der Waals surface area contributed by atoms with Gasteiger partial charge in [-0.2, -0.15) is 0 Å². The molecule has 3 rings (SSSR count). The molecule has 0 N–H and O–H groups in total. The van der Waals surface area contributed by atoms with E-state index in [1.165, 1.54) is 14.2 Å². The largest absolute Gasteiger partial charge is 0.496 e. The molecule has 1 aromatic heterocycles. The molecule has 0 bridgehead atoms. The summed E-state index contributed by atoms with van der Waals surface area (Å²) in [6.45, 7) is 0. The molecule has 0 aliphatic carbocycles. The van der Waals surface area contributed by atoms with Crippen LogP contribution in [0.2, 0.25) is 0 Å². The summed E-state index contributed by atoms with van der Waals surface area (Å²) in [6, 6.07) is 13.8. The quantitative estimate of drug-likeness (QED) is 0.428. The Balaban J connectivity index is 2.10. The summed E-state index contributed by atoms with van der Waals surface area (Å²) in [7, 11) is 3.01. The van der Waals surface area contributed by atoms with Gasteiger partial charge in [-0.05, 0) is 24.3 Å². The van der Waals surface area contributed by atoms with Crippen LogP contribution in [-0.2, 0) is 0 Å². The molecule has 0 aliphatic rings. The Morgan fingerprint density at radius 1 is 0.769 bits per heavy atom. The van der Waals surface area contributed by atoms with Gasteiger partial charge in [0, 0.05) is 0 Å². The van der Waals surface area contributed by atoms with E-state index in [0.717, 1.165) is 22.7 Å². The van der Waals surface area contributed by atoms with E-state index in [1.807, 2.05) is 0 Å². The first-order chi connectivity index (χ1) is 12.6. The van der Waals surface area contributed by atoms with Crippen molar-refractivity contribution in [3.05, 3.63) is 72.5 Å². The van der Waals surface area contributed by atoms with E-state index in [-0.39, 0.29) is 11.6 Å². The number of ketones is 2. The molecule has 0 saturated heterocycles.